The van der Waals surface area contributed by atoms with Crippen LogP contribution in [0.3, 0.4) is 0 Å². The van der Waals surface area contributed by atoms with Crippen molar-refractivity contribution in [2.75, 3.05) is 5.32 Å². The lowest BCUT2D eigenvalue weighted by atomic mass is 10.1. The van der Waals surface area contributed by atoms with Crippen LogP contribution in [0.4, 0.5) is 5.82 Å². The van der Waals surface area contributed by atoms with Gasteiger partial charge in [-0.25, -0.2) is 14.8 Å². The Morgan fingerprint density at radius 3 is 2.76 bits per heavy atom. The molecule has 2 rings (SSSR count). The summed E-state index contributed by atoms with van der Waals surface area (Å²) in [6.45, 7) is 3.99. The molecule has 17 heavy (non-hydrogen) atoms. The van der Waals surface area contributed by atoms with E-state index in [1.54, 1.807) is 6.07 Å². The highest BCUT2D eigenvalue weighted by molar-refractivity contribution is 6.04. The minimum Gasteiger partial charge on any atom is -0.478 e. The van der Waals surface area contributed by atoms with E-state index in [1.165, 1.54) is 12.4 Å². The van der Waals surface area contributed by atoms with Crippen molar-refractivity contribution in [1.82, 2.24) is 9.97 Å². The van der Waals surface area contributed by atoms with E-state index in [0.717, 1.165) is 5.39 Å². The Morgan fingerprint density at radius 1 is 1.35 bits per heavy atom. The van der Waals surface area contributed by atoms with E-state index in [1.807, 2.05) is 19.9 Å². The summed E-state index contributed by atoms with van der Waals surface area (Å²) in [4.78, 5) is 19.2. The van der Waals surface area contributed by atoms with E-state index >= 15 is 0 Å². The Balaban J connectivity index is 2.65. The Bertz CT molecular complexity index is 567. The third-order valence-corrected chi connectivity index (χ3v) is 2.32. The topological polar surface area (TPSA) is 75.1 Å². The molecule has 0 bridgehead atoms. The predicted molar refractivity (Wildman–Crippen MR) is 65.3 cm³/mol. The highest BCUT2D eigenvalue weighted by Gasteiger charge is 2.12. The smallest absolute Gasteiger partial charge is 0.337 e. The molecule has 2 aromatic rings. The standard InChI is InChI=1S/C12H13N3O2/c1-7(2)15-11-8-4-3-5-9(12(16)17)10(8)13-6-14-11/h3-7H,1-2H3,(H,16,17)(H,13,14,15). The summed E-state index contributed by atoms with van der Waals surface area (Å²) in [5.74, 6) is -0.321. The molecule has 1 heterocycles. The molecule has 0 fully saturated rings. The number of para-hydroxylation sites is 1. The van der Waals surface area contributed by atoms with Gasteiger partial charge in [-0.1, -0.05) is 6.07 Å². The fourth-order valence-corrected chi connectivity index (χ4v) is 1.65. The van der Waals surface area contributed by atoms with Crippen LogP contribution < -0.4 is 5.32 Å². The summed E-state index contributed by atoms with van der Waals surface area (Å²) in [5.41, 5.74) is 0.648. The first-order valence-electron chi connectivity index (χ1n) is 5.33. The molecule has 0 amide bonds. The number of carboxylic acid groups (broad SMARTS) is 1. The van der Waals surface area contributed by atoms with Gasteiger partial charge in [-0.05, 0) is 26.0 Å². The number of rotatable bonds is 3. The van der Waals surface area contributed by atoms with Gasteiger partial charge in [0.2, 0.25) is 0 Å². The lowest BCUT2D eigenvalue weighted by molar-refractivity contribution is 0.0699. The fraction of sp³-hybridized carbons (Fsp3) is 0.250. The van der Waals surface area contributed by atoms with Crippen LogP contribution in [0, 0.1) is 0 Å². The molecule has 1 aromatic carbocycles. The molecule has 0 aliphatic rings. The van der Waals surface area contributed by atoms with Gasteiger partial charge >= 0.3 is 5.97 Å². The van der Waals surface area contributed by atoms with E-state index < -0.39 is 5.97 Å². The predicted octanol–water partition coefficient (Wildman–Crippen LogP) is 2.15. The minimum atomic E-state index is -0.982. The maximum atomic E-state index is 11.1. The zero-order valence-electron chi connectivity index (χ0n) is 9.64. The lowest BCUT2D eigenvalue weighted by Gasteiger charge is -2.11. The van der Waals surface area contributed by atoms with Crippen molar-refractivity contribution >= 4 is 22.7 Å². The second-order valence-corrected chi connectivity index (χ2v) is 4.03. The van der Waals surface area contributed by atoms with Gasteiger partial charge in [-0.15, -0.1) is 0 Å². The average molecular weight is 231 g/mol. The molecule has 0 spiro atoms. The molecule has 5 nitrogen and oxygen atoms in total. The summed E-state index contributed by atoms with van der Waals surface area (Å²) in [6.07, 6.45) is 1.37. The lowest BCUT2D eigenvalue weighted by Crippen LogP contribution is -2.12. The molecule has 0 unspecified atom stereocenters. The number of carbonyl (C=O) groups is 1. The summed E-state index contributed by atoms with van der Waals surface area (Å²) < 4.78 is 0. The van der Waals surface area contributed by atoms with Gasteiger partial charge in [0.1, 0.15) is 12.1 Å². The molecule has 0 saturated heterocycles. The second kappa shape index (κ2) is 4.37. The zero-order valence-corrected chi connectivity index (χ0v) is 9.64. The normalized spacial score (nSPS) is 10.8. The molecular weight excluding hydrogens is 218 g/mol. The minimum absolute atomic E-state index is 0.191. The van der Waals surface area contributed by atoms with E-state index in [0.29, 0.717) is 11.3 Å². The van der Waals surface area contributed by atoms with Crippen molar-refractivity contribution < 1.29 is 9.90 Å². The van der Waals surface area contributed by atoms with Crippen LogP contribution in [0.2, 0.25) is 0 Å². The quantitative estimate of drug-likeness (QED) is 0.846. The number of hydrogen-bond acceptors (Lipinski definition) is 4. The molecule has 88 valence electrons. The van der Waals surface area contributed by atoms with E-state index in [-0.39, 0.29) is 11.6 Å². The summed E-state index contributed by atoms with van der Waals surface area (Å²) in [7, 11) is 0. The van der Waals surface area contributed by atoms with E-state index in [9.17, 15) is 4.79 Å². The van der Waals surface area contributed by atoms with Crippen molar-refractivity contribution in [1.29, 1.82) is 0 Å². The van der Waals surface area contributed by atoms with E-state index in [2.05, 4.69) is 15.3 Å². The Morgan fingerprint density at radius 2 is 2.12 bits per heavy atom. The van der Waals surface area contributed by atoms with Crippen LogP contribution in [0.25, 0.3) is 10.9 Å². The molecule has 0 atom stereocenters. The average Bonchev–Trinajstić information content (AvgIpc) is 2.28. The van der Waals surface area contributed by atoms with Crippen LogP contribution >= 0.6 is 0 Å². The van der Waals surface area contributed by atoms with Crippen LogP contribution in [-0.2, 0) is 0 Å². The van der Waals surface area contributed by atoms with Crippen molar-refractivity contribution in [2.45, 2.75) is 19.9 Å². The van der Waals surface area contributed by atoms with Crippen LogP contribution in [0.1, 0.15) is 24.2 Å². The molecule has 1 aromatic heterocycles. The summed E-state index contributed by atoms with van der Waals surface area (Å²) in [6, 6.07) is 5.27. The van der Waals surface area contributed by atoms with E-state index in [4.69, 9.17) is 5.11 Å². The zero-order chi connectivity index (χ0) is 12.4. The SMILES string of the molecule is CC(C)Nc1ncnc2c(C(=O)O)cccc12. The number of aromatic carboxylic acids is 1. The second-order valence-electron chi connectivity index (χ2n) is 4.03. The van der Waals surface area contributed by atoms with Gasteiger partial charge in [-0.2, -0.15) is 0 Å². The third-order valence-electron chi connectivity index (χ3n) is 2.32. The number of fused-ring (bicyclic) bond motifs is 1. The number of nitrogens with zero attached hydrogens (tertiary/aromatic N) is 2. The van der Waals surface area contributed by atoms with Crippen LogP contribution in [0.15, 0.2) is 24.5 Å². The van der Waals surface area contributed by atoms with Crippen LogP contribution in [-0.4, -0.2) is 27.1 Å². The number of nitrogens with one attached hydrogen (secondary N) is 1. The van der Waals surface area contributed by atoms with Gasteiger partial charge in [-0.3, -0.25) is 0 Å². The van der Waals surface area contributed by atoms with Crippen molar-refractivity contribution in [2.24, 2.45) is 0 Å². The van der Waals surface area contributed by atoms with Gasteiger partial charge in [0.05, 0.1) is 11.1 Å². The number of benzene rings is 1. The van der Waals surface area contributed by atoms with Crippen LogP contribution in [0.5, 0.6) is 0 Å². The Kier molecular flexibility index (Phi) is 2.91. The van der Waals surface area contributed by atoms with Crippen molar-refractivity contribution in [3.63, 3.8) is 0 Å². The first-order chi connectivity index (χ1) is 8.09. The molecule has 2 N–H and O–H groups in total. The maximum absolute atomic E-state index is 11.1. The highest BCUT2D eigenvalue weighted by atomic mass is 16.4. The third kappa shape index (κ3) is 2.18. The van der Waals surface area contributed by atoms with Gasteiger partial charge in [0, 0.05) is 11.4 Å². The monoisotopic (exact) mass is 231 g/mol. The molecular formula is C12H13N3O2. The molecule has 0 aliphatic heterocycles. The van der Waals surface area contributed by atoms with Gasteiger partial charge in [0.25, 0.3) is 0 Å². The highest BCUT2D eigenvalue weighted by Crippen LogP contribution is 2.22. The Labute approximate surface area is 98.5 Å². The number of carboxylic acids is 1. The summed E-state index contributed by atoms with van der Waals surface area (Å²) in [5, 5.41) is 13.0. The Hall–Kier alpha value is -2.17. The summed E-state index contributed by atoms with van der Waals surface area (Å²) >= 11 is 0. The molecule has 0 radical (unpaired) electrons. The number of aromatic nitrogens is 2. The fourth-order valence-electron chi connectivity index (χ4n) is 1.65. The first-order valence-corrected chi connectivity index (χ1v) is 5.33. The molecule has 0 saturated carbocycles. The first kappa shape index (κ1) is 11.3. The van der Waals surface area contributed by atoms with Gasteiger partial charge in [0.15, 0.2) is 0 Å². The largest absolute Gasteiger partial charge is 0.478 e. The maximum Gasteiger partial charge on any atom is 0.337 e. The molecule has 0 aliphatic carbocycles. The molecule has 5 heteroatoms. The van der Waals surface area contributed by atoms with Crippen molar-refractivity contribution in [3.05, 3.63) is 30.1 Å². The number of hydrogen-bond donors (Lipinski definition) is 2. The van der Waals surface area contributed by atoms with Crippen molar-refractivity contribution in [3.8, 4) is 0 Å². The number of anilines is 1. The van der Waals surface area contributed by atoms with Gasteiger partial charge < -0.3 is 10.4 Å².